The van der Waals surface area contributed by atoms with Crippen LogP contribution >= 0.6 is 24.0 Å². The summed E-state index contributed by atoms with van der Waals surface area (Å²) in [5, 5.41) is 15.8. The molecule has 3 N–H and O–H groups in total. The van der Waals surface area contributed by atoms with Gasteiger partial charge in [0.2, 0.25) is 0 Å². The fourth-order valence-electron chi connectivity index (χ4n) is 2.85. The van der Waals surface area contributed by atoms with Crippen molar-refractivity contribution in [2.75, 3.05) is 32.8 Å². The molecule has 28 heavy (non-hydrogen) atoms. The summed E-state index contributed by atoms with van der Waals surface area (Å²) in [5.74, 6) is 2.28. The van der Waals surface area contributed by atoms with Gasteiger partial charge in [0, 0.05) is 26.2 Å². The first-order chi connectivity index (χ1) is 13.0. The van der Waals surface area contributed by atoms with Crippen LogP contribution < -0.4 is 15.4 Å². The number of ether oxygens (including phenoxy) is 1. The Kier molecular flexibility index (Phi) is 16.2. The van der Waals surface area contributed by atoms with Crippen LogP contribution in [0.1, 0.15) is 46.5 Å². The van der Waals surface area contributed by atoms with E-state index < -0.39 is 0 Å². The van der Waals surface area contributed by atoms with Gasteiger partial charge in [0.15, 0.2) is 5.96 Å². The first-order valence-electron chi connectivity index (χ1n) is 10.1. The number of aliphatic hydroxyl groups excluding tert-OH is 1. The minimum atomic E-state index is -0.253. The molecule has 0 fully saturated rings. The van der Waals surface area contributed by atoms with Crippen molar-refractivity contribution in [3.8, 4) is 5.75 Å². The number of nitrogens with one attached hydrogen (secondary N) is 2. The van der Waals surface area contributed by atoms with Gasteiger partial charge in [0.05, 0.1) is 6.61 Å². The fourth-order valence-corrected chi connectivity index (χ4v) is 2.85. The highest BCUT2D eigenvalue weighted by atomic mass is 127. The summed E-state index contributed by atoms with van der Waals surface area (Å²) in [4.78, 5) is 4.68. The van der Waals surface area contributed by atoms with Gasteiger partial charge in [-0.15, -0.1) is 24.0 Å². The average Bonchev–Trinajstić information content (AvgIpc) is 2.63. The third-order valence-electron chi connectivity index (χ3n) is 4.14. The second kappa shape index (κ2) is 16.8. The molecular weight excluding hydrogens is 472 g/mol. The number of hydrogen-bond donors (Lipinski definition) is 3. The molecule has 0 aliphatic carbocycles. The third kappa shape index (κ3) is 13.1. The predicted octanol–water partition coefficient (Wildman–Crippen LogP) is 4.20. The number of unbranched alkanes of at least 4 members (excludes halogenated alkanes) is 1. The van der Waals surface area contributed by atoms with Crippen LogP contribution in [0.5, 0.6) is 5.75 Å². The maximum absolute atomic E-state index is 12.8. The largest absolute Gasteiger partial charge is 0.494 e. The van der Waals surface area contributed by atoms with Crippen molar-refractivity contribution >= 4 is 29.9 Å². The number of rotatable bonds is 13. The van der Waals surface area contributed by atoms with E-state index in [1.54, 1.807) is 12.1 Å². The highest BCUT2D eigenvalue weighted by molar-refractivity contribution is 14.0. The highest BCUT2D eigenvalue weighted by Crippen LogP contribution is 2.15. The molecule has 0 aliphatic rings. The van der Waals surface area contributed by atoms with E-state index in [4.69, 9.17) is 4.74 Å². The van der Waals surface area contributed by atoms with Gasteiger partial charge < -0.3 is 20.5 Å². The SMILES string of the molecule is CCNC(=NCC(CCO)CC(C)C)NCCCCOc1ccc(F)cc1.I. The topological polar surface area (TPSA) is 65.9 Å². The molecule has 7 heteroatoms. The third-order valence-corrected chi connectivity index (χ3v) is 4.14. The lowest BCUT2D eigenvalue weighted by Gasteiger charge is -2.17. The Labute approximate surface area is 186 Å². The summed E-state index contributed by atoms with van der Waals surface area (Å²) in [6.07, 6.45) is 3.73. The van der Waals surface area contributed by atoms with Gasteiger partial charge in [-0.1, -0.05) is 13.8 Å². The lowest BCUT2D eigenvalue weighted by Crippen LogP contribution is -2.38. The average molecular weight is 509 g/mol. The second-order valence-corrected chi connectivity index (χ2v) is 7.16. The molecule has 1 aromatic rings. The molecule has 0 saturated carbocycles. The van der Waals surface area contributed by atoms with E-state index >= 15 is 0 Å². The van der Waals surface area contributed by atoms with Gasteiger partial charge in [-0.2, -0.15) is 0 Å². The molecule has 0 spiro atoms. The lowest BCUT2D eigenvalue weighted by atomic mass is 9.94. The fraction of sp³-hybridized carbons (Fsp3) is 0.667. The molecule has 0 radical (unpaired) electrons. The van der Waals surface area contributed by atoms with Gasteiger partial charge in [-0.3, -0.25) is 4.99 Å². The number of aliphatic hydroxyl groups is 1. The maximum Gasteiger partial charge on any atom is 0.191 e. The minimum absolute atomic E-state index is 0. The standard InChI is InChI=1S/C21H36FN3O2.HI/c1-4-23-21(25-16-18(11-13-26)15-17(2)3)24-12-5-6-14-27-20-9-7-19(22)8-10-20;/h7-10,17-18,26H,4-6,11-16H2,1-3H3,(H2,23,24,25);1H. The predicted molar refractivity (Wildman–Crippen MR) is 125 cm³/mol. The molecule has 1 rings (SSSR count). The van der Waals surface area contributed by atoms with Crippen LogP contribution in [0.25, 0.3) is 0 Å². The van der Waals surface area contributed by atoms with Gasteiger partial charge in [-0.25, -0.2) is 4.39 Å². The monoisotopic (exact) mass is 509 g/mol. The summed E-state index contributed by atoms with van der Waals surface area (Å²) in [5.41, 5.74) is 0. The van der Waals surface area contributed by atoms with E-state index in [9.17, 15) is 9.50 Å². The van der Waals surface area contributed by atoms with Crippen molar-refractivity contribution in [3.63, 3.8) is 0 Å². The van der Waals surface area contributed by atoms with E-state index in [1.165, 1.54) is 12.1 Å². The molecule has 0 saturated heterocycles. The van der Waals surface area contributed by atoms with Gasteiger partial charge >= 0.3 is 0 Å². The highest BCUT2D eigenvalue weighted by Gasteiger charge is 2.10. The van der Waals surface area contributed by atoms with Gasteiger partial charge in [-0.05, 0) is 68.7 Å². The number of benzene rings is 1. The molecule has 1 unspecified atom stereocenters. The zero-order chi connectivity index (χ0) is 19.9. The first-order valence-corrected chi connectivity index (χ1v) is 10.1. The maximum atomic E-state index is 12.8. The van der Waals surface area contributed by atoms with Crippen LogP contribution in [0.15, 0.2) is 29.3 Å². The molecule has 1 aromatic carbocycles. The summed E-state index contributed by atoms with van der Waals surface area (Å²) < 4.78 is 18.4. The van der Waals surface area contributed by atoms with E-state index in [-0.39, 0.29) is 36.4 Å². The Bertz CT molecular complexity index is 527. The molecule has 5 nitrogen and oxygen atoms in total. The van der Waals surface area contributed by atoms with E-state index in [0.29, 0.717) is 24.2 Å². The number of aliphatic imine (C=N–C) groups is 1. The molecule has 0 heterocycles. The van der Waals surface area contributed by atoms with E-state index in [0.717, 1.165) is 51.3 Å². The van der Waals surface area contributed by atoms with Crippen LogP contribution in [0.3, 0.4) is 0 Å². The number of guanidine groups is 1. The van der Waals surface area contributed by atoms with Crippen LogP contribution in [-0.4, -0.2) is 43.9 Å². The summed E-state index contributed by atoms with van der Waals surface area (Å²) in [7, 11) is 0. The molecule has 1 atom stereocenters. The van der Waals surface area contributed by atoms with Crippen LogP contribution in [0.4, 0.5) is 4.39 Å². The van der Waals surface area contributed by atoms with Gasteiger partial charge in [0.25, 0.3) is 0 Å². The van der Waals surface area contributed by atoms with E-state index in [1.807, 2.05) is 6.92 Å². The van der Waals surface area contributed by atoms with Crippen molar-refractivity contribution in [2.24, 2.45) is 16.8 Å². The number of nitrogens with zero attached hydrogens (tertiary/aromatic N) is 1. The molecule has 162 valence electrons. The quantitative estimate of drug-likeness (QED) is 0.161. The Morgan fingerprint density at radius 3 is 2.50 bits per heavy atom. The van der Waals surface area contributed by atoms with Crippen molar-refractivity contribution in [2.45, 2.75) is 46.5 Å². The smallest absolute Gasteiger partial charge is 0.191 e. The molecule has 0 aliphatic heterocycles. The Morgan fingerprint density at radius 1 is 1.18 bits per heavy atom. The molecule has 0 amide bonds. The van der Waals surface area contributed by atoms with Crippen molar-refractivity contribution < 1.29 is 14.2 Å². The van der Waals surface area contributed by atoms with Crippen molar-refractivity contribution in [1.29, 1.82) is 0 Å². The summed E-state index contributed by atoms with van der Waals surface area (Å²) in [6.45, 7) is 9.62. The van der Waals surface area contributed by atoms with E-state index in [2.05, 4.69) is 29.5 Å². The lowest BCUT2D eigenvalue weighted by molar-refractivity contribution is 0.245. The first kappa shape index (κ1) is 26.9. The number of hydrogen-bond acceptors (Lipinski definition) is 3. The molecule has 0 bridgehead atoms. The second-order valence-electron chi connectivity index (χ2n) is 7.16. The Balaban J connectivity index is 0.00000729. The van der Waals surface area contributed by atoms with Crippen LogP contribution in [-0.2, 0) is 0 Å². The van der Waals surface area contributed by atoms with Crippen molar-refractivity contribution in [3.05, 3.63) is 30.1 Å². The zero-order valence-corrected chi connectivity index (χ0v) is 19.7. The van der Waals surface area contributed by atoms with Crippen LogP contribution in [0.2, 0.25) is 0 Å². The van der Waals surface area contributed by atoms with Gasteiger partial charge in [0.1, 0.15) is 11.6 Å². The molecule has 0 aromatic heterocycles. The Hall–Kier alpha value is -1.09. The Morgan fingerprint density at radius 2 is 1.89 bits per heavy atom. The normalized spacial score (nSPS) is 12.4. The van der Waals surface area contributed by atoms with Crippen molar-refractivity contribution in [1.82, 2.24) is 10.6 Å². The zero-order valence-electron chi connectivity index (χ0n) is 17.4. The summed E-state index contributed by atoms with van der Waals surface area (Å²) >= 11 is 0. The minimum Gasteiger partial charge on any atom is -0.494 e. The summed E-state index contributed by atoms with van der Waals surface area (Å²) in [6, 6.07) is 6.09. The van der Waals surface area contributed by atoms with Crippen LogP contribution in [0, 0.1) is 17.7 Å². The number of halogens is 2. The molecular formula is C21H37FIN3O2.